The predicted octanol–water partition coefficient (Wildman–Crippen LogP) is 3.68. The molecule has 0 atom stereocenters. The van der Waals surface area contributed by atoms with Crippen molar-refractivity contribution >= 4 is 17.7 Å². The van der Waals surface area contributed by atoms with Crippen LogP contribution in [-0.2, 0) is 28.9 Å². The second kappa shape index (κ2) is 8.90. The molecular formula is C18H28N2O3S. The number of aryl methyl sites for hydroxylation is 1. The van der Waals surface area contributed by atoms with E-state index in [1.54, 1.807) is 11.8 Å². The molecule has 1 aromatic rings. The summed E-state index contributed by atoms with van der Waals surface area (Å²) < 4.78 is 8.14. The van der Waals surface area contributed by atoms with Crippen LogP contribution < -0.4 is 0 Å². The summed E-state index contributed by atoms with van der Waals surface area (Å²) in [5.41, 5.74) is 2.44. The number of aliphatic carboxylic acids is 1. The molecule has 5 nitrogen and oxygen atoms in total. The first-order valence-corrected chi connectivity index (χ1v) is 10.3. The number of fused-ring (bicyclic) bond motifs is 1. The highest BCUT2D eigenvalue weighted by Gasteiger charge is 2.21. The van der Waals surface area contributed by atoms with E-state index < -0.39 is 5.97 Å². The number of nitrogens with zero attached hydrogens (tertiary/aromatic N) is 2. The van der Waals surface area contributed by atoms with E-state index >= 15 is 0 Å². The Hall–Kier alpha value is -1.01. The second-order valence-electron chi connectivity index (χ2n) is 6.77. The van der Waals surface area contributed by atoms with Gasteiger partial charge in [-0.1, -0.05) is 31.0 Å². The normalized spacial score (nSPS) is 18.5. The van der Waals surface area contributed by atoms with Gasteiger partial charge in [0.15, 0.2) is 5.16 Å². The van der Waals surface area contributed by atoms with Crippen LogP contribution in [0.15, 0.2) is 5.16 Å². The van der Waals surface area contributed by atoms with Gasteiger partial charge >= 0.3 is 5.97 Å². The number of aromatic nitrogens is 2. The fourth-order valence-corrected chi connectivity index (χ4v) is 4.60. The monoisotopic (exact) mass is 352 g/mol. The Balaban J connectivity index is 1.55. The topological polar surface area (TPSA) is 64.3 Å². The zero-order chi connectivity index (χ0) is 16.8. The number of hydrogen-bond acceptors (Lipinski definition) is 4. The van der Waals surface area contributed by atoms with Crippen molar-refractivity contribution in [1.29, 1.82) is 0 Å². The number of carbonyl (C=O) groups is 1. The van der Waals surface area contributed by atoms with Gasteiger partial charge in [-0.2, -0.15) is 0 Å². The summed E-state index contributed by atoms with van der Waals surface area (Å²) in [6.07, 6.45) is 11.4. The van der Waals surface area contributed by atoms with Gasteiger partial charge in [0.25, 0.3) is 0 Å². The quantitative estimate of drug-likeness (QED) is 0.571. The van der Waals surface area contributed by atoms with Gasteiger partial charge in [0.2, 0.25) is 0 Å². The molecule has 0 aromatic carbocycles. The van der Waals surface area contributed by atoms with Crippen LogP contribution in [0.25, 0.3) is 0 Å². The molecule has 2 aliphatic carbocycles. The van der Waals surface area contributed by atoms with E-state index in [1.165, 1.54) is 56.3 Å². The smallest absolute Gasteiger partial charge is 0.305 e. The Morgan fingerprint density at radius 3 is 2.79 bits per heavy atom. The minimum atomic E-state index is -0.746. The van der Waals surface area contributed by atoms with E-state index in [-0.39, 0.29) is 6.42 Å². The van der Waals surface area contributed by atoms with Crippen LogP contribution in [0.1, 0.15) is 62.8 Å². The van der Waals surface area contributed by atoms with Crippen molar-refractivity contribution in [2.75, 3.05) is 12.4 Å². The van der Waals surface area contributed by atoms with Gasteiger partial charge in [0.1, 0.15) is 0 Å². The SMILES string of the molecule is O=C(O)CCn1c(SCCOC2CCCCC2)nc2c1CCCC2. The van der Waals surface area contributed by atoms with E-state index in [2.05, 4.69) is 4.57 Å². The van der Waals surface area contributed by atoms with Crippen molar-refractivity contribution in [3.63, 3.8) is 0 Å². The molecule has 1 N–H and O–H groups in total. The molecule has 2 aliphatic rings. The minimum absolute atomic E-state index is 0.162. The molecule has 0 aliphatic heterocycles. The Labute approximate surface area is 148 Å². The van der Waals surface area contributed by atoms with Crippen LogP contribution in [0.5, 0.6) is 0 Å². The van der Waals surface area contributed by atoms with Crippen LogP contribution in [0.4, 0.5) is 0 Å². The number of ether oxygens (including phenoxy) is 1. The molecule has 1 fully saturated rings. The fraction of sp³-hybridized carbons (Fsp3) is 0.778. The lowest BCUT2D eigenvalue weighted by Gasteiger charge is -2.21. The van der Waals surface area contributed by atoms with Crippen molar-refractivity contribution in [2.45, 2.75) is 82.0 Å². The average molecular weight is 353 g/mol. The van der Waals surface area contributed by atoms with Gasteiger partial charge in [-0.15, -0.1) is 0 Å². The van der Waals surface area contributed by atoms with Gasteiger partial charge in [-0.25, -0.2) is 4.98 Å². The van der Waals surface area contributed by atoms with E-state index in [0.29, 0.717) is 12.6 Å². The maximum atomic E-state index is 10.9. The van der Waals surface area contributed by atoms with Crippen molar-refractivity contribution in [2.24, 2.45) is 0 Å². The molecule has 6 heteroatoms. The zero-order valence-corrected chi connectivity index (χ0v) is 15.2. The van der Waals surface area contributed by atoms with Gasteiger partial charge in [0, 0.05) is 18.0 Å². The lowest BCUT2D eigenvalue weighted by molar-refractivity contribution is -0.137. The highest BCUT2D eigenvalue weighted by molar-refractivity contribution is 7.99. The van der Waals surface area contributed by atoms with Crippen LogP contribution in [0, 0.1) is 0 Å². The highest BCUT2D eigenvalue weighted by Crippen LogP contribution is 2.28. The van der Waals surface area contributed by atoms with Crippen LogP contribution in [0.2, 0.25) is 0 Å². The molecule has 0 amide bonds. The van der Waals surface area contributed by atoms with Crippen molar-refractivity contribution in [1.82, 2.24) is 9.55 Å². The molecule has 0 bridgehead atoms. The van der Waals surface area contributed by atoms with Gasteiger partial charge in [-0.3, -0.25) is 4.79 Å². The predicted molar refractivity (Wildman–Crippen MR) is 94.7 cm³/mol. The largest absolute Gasteiger partial charge is 0.481 e. The second-order valence-corrected chi connectivity index (χ2v) is 7.83. The first kappa shape index (κ1) is 17.8. The number of carboxylic acid groups (broad SMARTS) is 1. The number of rotatable bonds is 8. The van der Waals surface area contributed by atoms with Crippen LogP contribution in [0.3, 0.4) is 0 Å². The first-order valence-electron chi connectivity index (χ1n) is 9.28. The average Bonchev–Trinajstić information content (AvgIpc) is 2.95. The van der Waals surface area contributed by atoms with Gasteiger partial charge in [-0.05, 0) is 38.5 Å². The third kappa shape index (κ3) is 4.76. The molecule has 0 unspecified atom stereocenters. The molecule has 24 heavy (non-hydrogen) atoms. The Kier molecular flexibility index (Phi) is 6.60. The zero-order valence-electron chi connectivity index (χ0n) is 14.3. The summed E-state index contributed by atoms with van der Waals surface area (Å²) in [6, 6.07) is 0. The lowest BCUT2D eigenvalue weighted by Crippen LogP contribution is -2.18. The Bertz CT molecular complexity index is 553. The molecule has 134 valence electrons. The molecule has 0 radical (unpaired) electrons. The van der Waals surface area contributed by atoms with Crippen LogP contribution in [-0.4, -0.2) is 39.1 Å². The number of hydrogen-bond donors (Lipinski definition) is 1. The standard InChI is InChI=1S/C18H28N2O3S/c21-17(22)10-11-20-16-9-5-4-8-15(16)19-18(20)24-13-12-23-14-6-2-1-3-7-14/h14H,1-13H2,(H,21,22). The summed E-state index contributed by atoms with van der Waals surface area (Å²) in [5, 5.41) is 9.99. The van der Waals surface area contributed by atoms with Gasteiger partial charge < -0.3 is 14.4 Å². The maximum Gasteiger partial charge on any atom is 0.305 e. The number of thioether (sulfide) groups is 1. The first-order chi connectivity index (χ1) is 11.7. The summed E-state index contributed by atoms with van der Waals surface area (Å²) in [4.78, 5) is 15.7. The Morgan fingerprint density at radius 1 is 1.21 bits per heavy atom. The minimum Gasteiger partial charge on any atom is -0.481 e. The van der Waals surface area contributed by atoms with E-state index in [1.807, 2.05) is 0 Å². The third-order valence-electron chi connectivity index (χ3n) is 4.97. The molecular weight excluding hydrogens is 324 g/mol. The van der Waals surface area contributed by atoms with Crippen LogP contribution >= 0.6 is 11.8 Å². The maximum absolute atomic E-state index is 10.9. The molecule has 1 heterocycles. The summed E-state index contributed by atoms with van der Waals surface area (Å²) >= 11 is 1.71. The molecule has 1 saturated carbocycles. The molecule has 0 spiro atoms. The van der Waals surface area contributed by atoms with Crippen molar-refractivity contribution in [3.05, 3.63) is 11.4 Å². The number of carboxylic acids is 1. The third-order valence-corrected chi connectivity index (χ3v) is 5.91. The molecule has 3 rings (SSSR count). The fourth-order valence-electron chi connectivity index (χ4n) is 3.70. The van der Waals surface area contributed by atoms with Gasteiger partial charge in [0.05, 0.1) is 24.8 Å². The van der Waals surface area contributed by atoms with E-state index in [4.69, 9.17) is 14.8 Å². The molecule has 1 aromatic heterocycles. The van der Waals surface area contributed by atoms with Crippen molar-refractivity contribution < 1.29 is 14.6 Å². The van der Waals surface area contributed by atoms with E-state index in [9.17, 15) is 4.79 Å². The summed E-state index contributed by atoms with van der Waals surface area (Å²) in [6.45, 7) is 1.29. The summed E-state index contributed by atoms with van der Waals surface area (Å²) in [5.74, 6) is 0.143. The molecule has 0 saturated heterocycles. The Morgan fingerprint density at radius 2 is 2.00 bits per heavy atom. The lowest BCUT2D eigenvalue weighted by atomic mass is 9.98. The van der Waals surface area contributed by atoms with E-state index in [0.717, 1.165) is 30.4 Å². The number of imidazole rings is 1. The van der Waals surface area contributed by atoms with Crippen molar-refractivity contribution in [3.8, 4) is 0 Å². The highest BCUT2D eigenvalue weighted by atomic mass is 32.2. The summed E-state index contributed by atoms with van der Waals surface area (Å²) in [7, 11) is 0.